The van der Waals surface area contributed by atoms with E-state index in [1.165, 1.54) is 0 Å². The van der Waals surface area contributed by atoms with Gasteiger partial charge in [-0.3, -0.25) is 9.80 Å². The zero-order chi connectivity index (χ0) is 9.84. The molecule has 0 aromatic carbocycles. The van der Waals surface area contributed by atoms with Crippen LogP contribution in [0.25, 0.3) is 0 Å². The molecule has 0 aliphatic carbocycles. The van der Waals surface area contributed by atoms with Crippen molar-refractivity contribution in [1.29, 1.82) is 0 Å². The number of hydrogen-bond donors (Lipinski definition) is 1. The van der Waals surface area contributed by atoms with Gasteiger partial charge in [0.15, 0.2) is 0 Å². The number of carbonyl (C=O) groups is 1. The Morgan fingerprint density at radius 3 is 2.92 bits per heavy atom. The first kappa shape index (κ1) is 10.5. The minimum absolute atomic E-state index is 0.218. The fourth-order valence-corrected chi connectivity index (χ4v) is 1.53. The van der Waals surface area contributed by atoms with Crippen molar-refractivity contribution in [1.82, 2.24) is 10.0 Å². The molecule has 1 rings (SSSR count). The van der Waals surface area contributed by atoms with Crippen LogP contribution in [0.1, 0.15) is 19.8 Å². The summed E-state index contributed by atoms with van der Waals surface area (Å²) in [6.07, 6.45) is 1.66. The van der Waals surface area contributed by atoms with E-state index in [0.29, 0.717) is 18.9 Å². The van der Waals surface area contributed by atoms with Gasteiger partial charge in [-0.25, -0.2) is 5.01 Å². The zero-order valence-electron chi connectivity index (χ0n) is 8.49. The van der Waals surface area contributed by atoms with Crippen molar-refractivity contribution >= 4 is 5.91 Å². The first-order valence-corrected chi connectivity index (χ1v) is 4.86. The lowest BCUT2D eigenvalue weighted by molar-refractivity contribution is -0.152. The van der Waals surface area contributed by atoms with Crippen molar-refractivity contribution in [2.24, 2.45) is 11.7 Å². The Kier molecular flexibility index (Phi) is 3.69. The highest BCUT2D eigenvalue weighted by molar-refractivity contribution is 5.75. The molecule has 1 unspecified atom stereocenters. The lowest BCUT2D eigenvalue weighted by atomic mass is 10.1. The van der Waals surface area contributed by atoms with Crippen molar-refractivity contribution < 1.29 is 4.79 Å². The molecule has 1 amide bonds. The Bertz CT molecular complexity index is 184. The van der Waals surface area contributed by atoms with E-state index in [-0.39, 0.29) is 5.91 Å². The monoisotopic (exact) mass is 185 g/mol. The van der Waals surface area contributed by atoms with E-state index < -0.39 is 0 Å². The highest BCUT2D eigenvalue weighted by Gasteiger charge is 2.22. The van der Waals surface area contributed by atoms with Gasteiger partial charge in [0, 0.05) is 26.6 Å². The van der Waals surface area contributed by atoms with E-state index in [4.69, 9.17) is 5.73 Å². The van der Waals surface area contributed by atoms with Crippen LogP contribution < -0.4 is 5.73 Å². The predicted molar refractivity (Wildman–Crippen MR) is 51.8 cm³/mol. The topological polar surface area (TPSA) is 49.6 Å². The Balaban J connectivity index is 2.43. The third-order valence-corrected chi connectivity index (χ3v) is 2.52. The van der Waals surface area contributed by atoms with Crippen LogP contribution in [0.3, 0.4) is 0 Å². The van der Waals surface area contributed by atoms with Crippen molar-refractivity contribution in [3.8, 4) is 0 Å². The van der Waals surface area contributed by atoms with Gasteiger partial charge in [-0.15, -0.1) is 0 Å². The van der Waals surface area contributed by atoms with E-state index in [0.717, 1.165) is 19.5 Å². The molecule has 4 nitrogen and oxygen atoms in total. The molecule has 13 heavy (non-hydrogen) atoms. The molecule has 76 valence electrons. The molecule has 1 atom stereocenters. The molecule has 0 spiro atoms. The maximum absolute atomic E-state index is 11.3. The molecular formula is C9H19N3O. The van der Waals surface area contributed by atoms with E-state index in [1.807, 2.05) is 7.05 Å². The molecule has 1 aliphatic heterocycles. The van der Waals surface area contributed by atoms with Crippen LogP contribution in [0, 0.1) is 5.92 Å². The van der Waals surface area contributed by atoms with Crippen LogP contribution in [0.5, 0.6) is 0 Å². The summed E-state index contributed by atoms with van der Waals surface area (Å²) in [5.41, 5.74) is 5.54. The highest BCUT2D eigenvalue weighted by atomic mass is 16.2. The summed E-state index contributed by atoms with van der Waals surface area (Å²) < 4.78 is 0. The van der Waals surface area contributed by atoms with Gasteiger partial charge >= 0.3 is 0 Å². The van der Waals surface area contributed by atoms with Crippen molar-refractivity contribution in [2.75, 3.05) is 26.7 Å². The van der Waals surface area contributed by atoms with Gasteiger partial charge in [0.2, 0.25) is 5.91 Å². The Morgan fingerprint density at radius 2 is 2.31 bits per heavy atom. The molecule has 0 radical (unpaired) electrons. The smallest absolute Gasteiger partial charge is 0.236 e. The van der Waals surface area contributed by atoms with Gasteiger partial charge in [0.05, 0.1) is 0 Å². The molecule has 1 heterocycles. The fraction of sp³-hybridized carbons (Fsp3) is 0.889. The van der Waals surface area contributed by atoms with Gasteiger partial charge in [-0.2, -0.15) is 0 Å². The maximum atomic E-state index is 11.3. The summed E-state index contributed by atoms with van der Waals surface area (Å²) in [7, 11) is 1.84. The number of amides is 1. The van der Waals surface area contributed by atoms with Crippen LogP contribution in [0.15, 0.2) is 0 Å². The number of hydrogen-bond acceptors (Lipinski definition) is 3. The zero-order valence-corrected chi connectivity index (χ0v) is 8.49. The van der Waals surface area contributed by atoms with Crippen molar-refractivity contribution in [2.45, 2.75) is 19.8 Å². The molecule has 0 aromatic heterocycles. The Hall–Kier alpha value is -0.610. The second kappa shape index (κ2) is 4.58. The average molecular weight is 185 g/mol. The first-order chi connectivity index (χ1) is 6.15. The average Bonchev–Trinajstić information content (AvgIpc) is 2.13. The lowest BCUT2D eigenvalue weighted by Crippen LogP contribution is -2.50. The Labute approximate surface area is 79.6 Å². The minimum atomic E-state index is 0.218. The third-order valence-electron chi connectivity index (χ3n) is 2.52. The van der Waals surface area contributed by atoms with Crippen LogP contribution in [0.4, 0.5) is 0 Å². The molecule has 0 aromatic rings. The van der Waals surface area contributed by atoms with Crippen molar-refractivity contribution in [3.63, 3.8) is 0 Å². The van der Waals surface area contributed by atoms with Gasteiger partial charge in [-0.1, -0.05) is 6.92 Å². The lowest BCUT2D eigenvalue weighted by Gasteiger charge is -2.37. The molecule has 1 fully saturated rings. The van der Waals surface area contributed by atoms with Gasteiger partial charge in [-0.05, 0) is 18.9 Å². The quantitative estimate of drug-likeness (QED) is 0.676. The van der Waals surface area contributed by atoms with E-state index in [1.54, 1.807) is 5.01 Å². The summed E-state index contributed by atoms with van der Waals surface area (Å²) >= 11 is 0. The summed E-state index contributed by atoms with van der Waals surface area (Å²) in [4.78, 5) is 11.3. The standard InChI is InChI=1S/C9H19N3O/c1-8(6-10)7-12-5-3-4-9(13)11(12)2/h8H,3-7,10H2,1-2H3. The van der Waals surface area contributed by atoms with Crippen LogP contribution in [-0.4, -0.2) is 42.6 Å². The van der Waals surface area contributed by atoms with Crippen LogP contribution >= 0.6 is 0 Å². The normalized spacial score (nSPS) is 22.1. The third kappa shape index (κ3) is 2.67. The van der Waals surface area contributed by atoms with Gasteiger partial charge in [0.1, 0.15) is 0 Å². The fourth-order valence-electron chi connectivity index (χ4n) is 1.53. The molecule has 0 bridgehead atoms. The molecule has 1 saturated heterocycles. The number of nitrogens with two attached hydrogens (primary N) is 1. The summed E-state index contributed by atoms with van der Waals surface area (Å²) in [5, 5.41) is 3.82. The van der Waals surface area contributed by atoms with Crippen molar-refractivity contribution in [3.05, 3.63) is 0 Å². The SMILES string of the molecule is CC(CN)CN1CCCC(=O)N1C. The molecule has 2 N–H and O–H groups in total. The van der Waals surface area contributed by atoms with Gasteiger partial charge in [0.25, 0.3) is 0 Å². The summed E-state index contributed by atoms with van der Waals surface area (Å²) in [6.45, 7) is 4.65. The van der Waals surface area contributed by atoms with Crippen LogP contribution in [-0.2, 0) is 4.79 Å². The summed E-state index contributed by atoms with van der Waals surface area (Å²) in [6, 6.07) is 0. The molecule has 4 heteroatoms. The van der Waals surface area contributed by atoms with Gasteiger partial charge < -0.3 is 5.73 Å². The van der Waals surface area contributed by atoms with E-state index >= 15 is 0 Å². The molecule has 1 aliphatic rings. The number of rotatable bonds is 3. The maximum Gasteiger partial charge on any atom is 0.236 e. The number of nitrogens with zero attached hydrogens (tertiary/aromatic N) is 2. The van der Waals surface area contributed by atoms with E-state index in [9.17, 15) is 4.79 Å². The second-order valence-corrected chi connectivity index (χ2v) is 3.77. The minimum Gasteiger partial charge on any atom is -0.330 e. The molecule has 0 saturated carbocycles. The first-order valence-electron chi connectivity index (χ1n) is 4.86. The molecular weight excluding hydrogens is 166 g/mol. The predicted octanol–water partition coefficient (Wildman–Crippen LogP) is 0.0504. The Morgan fingerprint density at radius 1 is 1.62 bits per heavy atom. The van der Waals surface area contributed by atoms with E-state index in [2.05, 4.69) is 11.9 Å². The number of hydrazine groups is 1. The number of carbonyl (C=O) groups excluding carboxylic acids is 1. The second-order valence-electron chi connectivity index (χ2n) is 3.77. The van der Waals surface area contributed by atoms with Crippen LogP contribution in [0.2, 0.25) is 0 Å². The largest absolute Gasteiger partial charge is 0.330 e. The highest BCUT2D eigenvalue weighted by Crippen LogP contribution is 2.11. The summed E-state index contributed by atoms with van der Waals surface area (Å²) in [5.74, 6) is 0.670.